The summed E-state index contributed by atoms with van der Waals surface area (Å²) in [7, 11) is 0. The fraction of sp³-hybridized carbons (Fsp3) is 0.778. The molecule has 0 bridgehead atoms. The number of carbonyl (C=O) groups is 2. The summed E-state index contributed by atoms with van der Waals surface area (Å²) in [5, 5.41) is 8.73. The highest BCUT2D eigenvalue weighted by atomic mass is 16.5. The number of esters is 1. The number of aliphatic hydroxyl groups is 1. The van der Waals surface area contributed by atoms with E-state index >= 15 is 0 Å². The lowest BCUT2D eigenvalue weighted by molar-refractivity contribution is -0.160. The van der Waals surface area contributed by atoms with Crippen molar-refractivity contribution in [3.63, 3.8) is 0 Å². The van der Waals surface area contributed by atoms with Crippen molar-refractivity contribution < 1.29 is 19.4 Å². The molecule has 0 heterocycles. The van der Waals surface area contributed by atoms with Crippen LogP contribution in [-0.2, 0) is 14.3 Å². The van der Waals surface area contributed by atoms with Crippen molar-refractivity contribution in [1.29, 1.82) is 0 Å². The number of hydrogen-bond acceptors (Lipinski definition) is 4. The van der Waals surface area contributed by atoms with Gasteiger partial charge in [-0.1, -0.05) is 0 Å². The van der Waals surface area contributed by atoms with Crippen LogP contribution in [0.15, 0.2) is 0 Å². The van der Waals surface area contributed by atoms with Gasteiger partial charge >= 0.3 is 11.9 Å². The van der Waals surface area contributed by atoms with E-state index in [-0.39, 0.29) is 25.8 Å². The van der Waals surface area contributed by atoms with Crippen molar-refractivity contribution in [3.8, 4) is 0 Å². The summed E-state index contributed by atoms with van der Waals surface area (Å²) in [5.74, 6) is -1.46. The molecule has 0 aromatic heterocycles. The molecule has 0 spiro atoms. The van der Waals surface area contributed by atoms with Gasteiger partial charge in [-0.15, -0.1) is 0 Å². The van der Waals surface area contributed by atoms with Gasteiger partial charge in [0.05, 0.1) is 13.2 Å². The molecule has 80 valence electrons. The van der Waals surface area contributed by atoms with Gasteiger partial charge in [-0.2, -0.15) is 0 Å². The SMILES string of the molecule is CCOC(=O)C(=O)N(CCO)C1CC1. The first-order valence-corrected chi connectivity index (χ1v) is 4.79. The summed E-state index contributed by atoms with van der Waals surface area (Å²) in [6, 6.07) is 0.124. The van der Waals surface area contributed by atoms with Crippen LogP contribution in [0.1, 0.15) is 19.8 Å². The molecule has 14 heavy (non-hydrogen) atoms. The first-order valence-electron chi connectivity index (χ1n) is 4.79. The van der Waals surface area contributed by atoms with Crippen molar-refractivity contribution in [3.05, 3.63) is 0 Å². The second kappa shape index (κ2) is 4.95. The Hall–Kier alpha value is -1.10. The molecule has 1 aliphatic rings. The lowest BCUT2D eigenvalue weighted by Crippen LogP contribution is -2.40. The van der Waals surface area contributed by atoms with E-state index in [1.807, 2.05) is 0 Å². The zero-order valence-electron chi connectivity index (χ0n) is 8.23. The summed E-state index contributed by atoms with van der Waals surface area (Å²) in [6.07, 6.45) is 1.82. The van der Waals surface area contributed by atoms with Crippen LogP contribution >= 0.6 is 0 Å². The average molecular weight is 201 g/mol. The minimum Gasteiger partial charge on any atom is -0.459 e. The topological polar surface area (TPSA) is 66.8 Å². The molecule has 0 radical (unpaired) electrons. The van der Waals surface area contributed by atoms with Crippen LogP contribution in [0.3, 0.4) is 0 Å². The van der Waals surface area contributed by atoms with Crippen LogP contribution in [-0.4, -0.2) is 47.7 Å². The molecule has 1 aliphatic carbocycles. The molecule has 5 heteroatoms. The van der Waals surface area contributed by atoms with Gasteiger partial charge < -0.3 is 14.7 Å². The summed E-state index contributed by atoms with van der Waals surface area (Å²) < 4.78 is 4.60. The molecule has 0 aromatic rings. The van der Waals surface area contributed by atoms with Gasteiger partial charge in [0.15, 0.2) is 0 Å². The molecule has 0 saturated heterocycles. The van der Waals surface area contributed by atoms with E-state index in [4.69, 9.17) is 5.11 Å². The molecule has 1 rings (SSSR count). The Kier molecular flexibility index (Phi) is 3.88. The van der Waals surface area contributed by atoms with Gasteiger partial charge in [-0.3, -0.25) is 4.79 Å². The summed E-state index contributed by atoms with van der Waals surface area (Å²) in [6.45, 7) is 1.94. The van der Waals surface area contributed by atoms with Crippen molar-refractivity contribution in [2.75, 3.05) is 19.8 Å². The van der Waals surface area contributed by atoms with Gasteiger partial charge in [0.1, 0.15) is 0 Å². The molecule has 5 nitrogen and oxygen atoms in total. The molecule has 1 fully saturated rings. The molecule has 0 atom stereocenters. The average Bonchev–Trinajstić information content (AvgIpc) is 2.97. The maximum absolute atomic E-state index is 11.4. The molecule has 1 N–H and O–H groups in total. The largest absolute Gasteiger partial charge is 0.459 e. The third-order valence-corrected chi connectivity index (χ3v) is 2.04. The fourth-order valence-corrected chi connectivity index (χ4v) is 1.25. The number of carbonyl (C=O) groups excluding carboxylic acids is 2. The Labute approximate surface area is 82.6 Å². The summed E-state index contributed by atoms with van der Waals surface area (Å²) in [4.78, 5) is 23.9. The van der Waals surface area contributed by atoms with E-state index < -0.39 is 11.9 Å². The lowest BCUT2D eigenvalue weighted by Gasteiger charge is -2.19. The monoisotopic (exact) mass is 201 g/mol. The Morgan fingerprint density at radius 2 is 2.14 bits per heavy atom. The molecule has 0 aromatic carbocycles. The molecule has 1 saturated carbocycles. The fourth-order valence-electron chi connectivity index (χ4n) is 1.25. The second-order valence-corrected chi connectivity index (χ2v) is 3.17. The molecule has 1 amide bonds. The van der Waals surface area contributed by atoms with E-state index in [2.05, 4.69) is 4.74 Å². The zero-order valence-corrected chi connectivity index (χ0v) is 8.23. The maximum Gasteiger partial charge on any atom is 0.397 e. The first-order chi connectivity index (χ1) is 6.70. The third kappa shape index (κ3) is 2.70. The van der Waals surface area contributed by atoms with Crippen LogP contribution in [0.25, 0.3) is 0 Å². The number of ether oxygens (including phenoxy) is 1. The Morgan fingerprint density at radius 1 is 1.50 bits per heavy atom. The van der Waals surface area contributed by atoms with E-state index in [1.165, 1.54) is 4.90 Å². The van der Waals surface area contributed by atoms with Crippen LogP contribution < -0.4 is 0 Å². The van der Waals surface area contributed by atoms with Gasteiger partial charge in [0.25, 0.3) is 0 Å². The van der Waals surface area contributed by atoms with Gasteiger partial charge in [0.2, 0.25) is 0 Å². The number of amides is 1. The van der Waals surface area contributed by atoms with Crippen molar-refractivity contribution >= 4 is 11.9 Å². The maximum atomic E-state index is 11.4. The van der Waals surface area contributed by atoms with Crippen molar-refractivity contribution in [2.24, 2.45) is 0 Å². The number of rotatable bonds is 4. The highest BCUT2D eigenvalue weighted by Gasteiger charge is 2.35. The quantitative estimate of drug-likeness (QED) is 0.493. The first kappa shape index (κ1) is 11.0. The van der Waals surface area contributed by atoms with Crippen LogP contribution in [0.2, 0.25) is 0 Å². The minimum absolute atomic E-state index is 0.123. The lowest BCUT2D eigenvalue weighted by atomic mass is 10.4. The van der Waals surface area contributed by atoms with Gasteiger partial charge in [-0.05, 0) is 19.8 Å². The van der Waals surface area contributed by atoms with E-state index in [0.29, 0.717) is 0 Å². The Balaban J connectivity index is 2.49. The highest BCUT2D eigenvalue weighted by Crippen LogP contribution is 2.26. The third-order valence-electron chi connectivity index (χ3n) is 2.04. The predicted molar refractivity (Wildman–Crippen MR) is 48.5 cm³/mol. The van der Waals surface area contributed by atoms with E-state index in [9.17, 15) is 9.59 Å². The Morgan fingerprint density at radius 3 is 2.57 bits per heavy atom. The highest BCUT2D eigenvalue weighted by molar-refractivity contribution is 6.32. The smallest absolute Gasteiger partial charge is 0.397 e. The number of aliphatic hydroxyl groups excluding tert-OH is 1. The van der Waals surface area contributed by atoms with Crippen LogP contribution in [0.5, 0.6) is 0 Å². The minimum atomic E-state index is -0.826. The van der Waals surface area contributed by atoms with Crippen molar-refractivity contribution in [2.45, 2.75) is 25.8 Å². The van der Waals surface area contributed by atoms with E-state index in [1.54, 1.807) is 6.92 Å². The normalized spacial score (nSPS) is 15.0. The Bertz CT molecular complexity index is 225. The van der Waals surface area contributed by atoms with Gasteiger partial charge in [-0.25, -0.2) is 4.79 Å². The predicted octanol–water partition coefficient (Wildman–Crippen LogP) is -0.467. The number of nitrogens with zero attached hydrogens (tertiary/aromatic N) is 1. The summed E-state index contributed by atoms with van der Waals surface area (Å²) >= 11 is 0. The summed E-state index contributed by atoms with van der Waals surface area (Å²) in [5.41, 5.74) is 0. The van der Waals surface area contributed by atoms with Crippen molar-refractivity contribution in [1.82, 2.24) is 4.90 Å². The van der Waals surface area contributed by atoms with E-state index in [0.717, 1.165) is 12.8 Å². The molecule has 0 unspecified atom stereocenters. The number of hydrogen-bond donors (Lipinski definition) is 1. The standard InChI is InChI=1S/C9H15NO4/c1-2-14-9(13)8(12)10(5-6-11)7-3-4-7/h7,11H,2-6H2,1H3. The second-order valence-electron chi connectivity index (χ2n) is 3.17. The molecular weight excluding hydrogens is 186 g/mol. The zero-order chi connectivity index (χ0) is 10.6. The van der Waals surface area contributed by atoms with Gasteiger partial charge in [0, 0.05) is 12.6 Å². The molecule has 0 aliphatic heterocycles. The van der Waals surface area contributed by atoms with Crippen LogP contribution in [0.4, 0.5) is 0 Å². The van der Waals surface area contributed by atoms with Crippen LogP contribution in [0, 0.1) is 0 Å². The molecular formula is C9H15NO4.